The number of carbonyl (C=O) groups excluding carboxylic acids is 2. The zero-order valence-corrected chi connectivity index (χ0v) is 12.2. The van der Waals surface area contributed by atoms with Gasteiger partial charge in [0.1, 0.15) is 6.54 Å². The summed E-state index contributed by atoms with van der Waals surface area (Å²) in [5.74, 6) is -0.169. The summed E-state index contributed by atoms with van der Waals surface area (Å²) in [6.45, 7) is 3.21. The lowest BCUT2D eigenvalue weighted by molar-refractivity contribution is -0.118. The molecule has 0 aliphatic carbocycles. The molecular weight excluding hydrogens is 240 g/mol. The summed E-state index contributed by atoms with van der Waals surface area (Å²) in [6, 6.07) is -0.221. The number of hydrogen-bond donors (Lipinski definition) is 1. The monoisotopic (exact) mass is 268 g/mol. The van der Waals surface area contributed by atoms with Crippen molar-refractivity contribution in [3.05, 3.63) is 0 Å². The minimum atomic E-state index is -0.221. The summed E-state index contributed by atoms with van der Waals surface area (Å²) >= 11 is 0. The number of nitrogens with one attached hydrogen (secondary N) is 1. The van der Waals surface area contributed by atoms with Gasteiger partial charge >= 0.3 is 6.03 Å². The van der Waals surface area contributed by atoms with Crippen LogP contribution < -0.4 is 5.32 Å². The van der Waals surface area contributed by atoms with Gasteiger partial charge in [-0.15, -0.1) is 0 Å². The molecule has 1 rings (SSSR count). The Kier molecular flexibility index (Phi) is 8.26. The number of rotatable bonds is 11. The molecule has 110 valence electrons. The molecule has 4 nitrogen and oxygen atoms in total. The molecule has 0 saturated carbocycles. The van der Waals surface area contributed by atoms with Gasteiger partial charge in [0, 0.05) is 6.54 Å². The van der Waals surface area contributed by atoms with Crippen molar-refractivity contribution in [2.24, 2.45) is 0 Å². The van der Waals surface area contributed by atoms with Gasteiger partial charge in [-0.25, -0.2) is 4.79 Å². The molecule has 1 N–H and O–H groups in total. The lowest BCUT2D eigenvalue weighted by atomic mass is 10.1. The highest BCUT2D eigenvalue weighted by Crippen LogP contribution is 2.11. The summed E-state index contributed by atoms with van der Waals surface area (Å²) in [4.78, 5) is 23.8. The maximum atomic E-state index is 11.3. The molecule has 1 heterocycles. The van der Waals surface area contributed by atoms with Crippen LogP contribution in [0.2, 0.25) is 0 Å². The molecule has 1 aliphatic rings. The number of nitrogens with zero attached hydrogens (tertiary/aromatic N) is 1. The van der Waals surface area contributed by atoms with Gasteiger partial charge in [-0.1, -0.05) is 64.7 Å². The molecule has 19 heavy (non-hydrogen) atoms. The first-order valence-corrected chi connectivity index (χ1v) is 7.82. The molecule has 1 aliphatic heterocycles. The van der Waals surface area contributed by atoms with Crippen molar-refractivity contribution in [3.63, 3.8) is 0 Å². The van der Waals surface area contributed by atoms with Crippen LogP contribution in [0, 0.1) is 0 Å². The van der Waals surface area contributed by atoms with E-state index in [0.29, 0.717) is 6.54 Å². The third kappa shape index (κ3) is 7.19. The second-order valence-electron chi connectivity index (χ2n) is 5.46. The van der Waals surface area contributed by atoms with Crippen LogP contribution in [0.15, 0.2) is 0 Å². The molecule has 1 saturated heterocycles. The Bertz CT molecular complexity index is 279. The first kappa shape index (κ1) is 16.0. The number of hydrogen-bond acceptors (Lipinski definition) is 2. The Morgan fingerprint density at radius 1 is 0.895 bits per heavy atom. The fourth-order valence-electron chi connectivity index (χ4n) is 2.45. The van der Waals surface area contributed by atoms with E-state index in [4.69, 9.17) is 0 Å². The number of imide groups is 1. The van der Waals surface area contributed by atoms with E-state index in [0.717, 1.165) is 12.8 Å². The van der Waals surface area contributed by atoms with Crippen molar-refractivity contribution < 1.29 is 9.59 Å². The third-order valence-electron chi connectivity index (χ3n) is 3.65. The standard InChI is InChI=1S/C15H28N2O2/c1-2-3-4-5-6-7-8-9-10-11-12-17-13-14(18)16-15(17)19/h2-13H2,1H3,(H,16,18,19). The lowest BCUT2D eigenvalue weighted by Gasteiger charge is -2.12. The van der Waals surface area contributed by atoms with E-state index < -0.39 is 0 Å². The van der Waals surface area contributed by atoms with E-state index in [2.05, 4.69) is 12.2 Å². The fourth-order valence-corrected chi connectivity index (χ4v) is 2.45. The fraction of sp³-hybridized carbons (Fsp3) is 0.867. The zero-order valence-electron chi connectivity index (χ0n) is 12.2. The molecule has 3 amide bonds. The van der Waals surface area contributed by atoms with E-state index >= 15 is 0 Å². The Morgan fingerprint density at radius 3 is 1.89 bits per heavy atom. The largest absolute Gasteiger partial charge is 0.324 e. The molecule has 0 aromatic carbocycles. The molecule has 0 radical (unpaired) electrons. The summed E-state index contributed by atoms with van der Waals surface area (Å²) in [5, 5.41) is 2.30. The second kappa shape index (κ2) is 9.82. The summed E-state index contributed by atoms with van der Waals surface area (Å²) < 4.78 is 0. The average Bonchev–Trinajstić information content (AvgIpc) is 2.70. The van der Waals surface area contributed by atoms with Crippen LogP contribution in [0.1, 0.15) is 71.1 Å². The van der Waals surface area contributed by atoms with E-state index in [9.17, 15) is 9.59 Å². The van der Waals surface area contributed by atoms with E-state index in [1.807, 2.05) is 0 Å². The van der Waals surface area contributed by atoms with E-state index in [1.54, 1.807) is 4.90 Å². The predicted molar refractivity (Wildman–Crippen MR) is 77.0 cm³/mol. The Hall–Kier alpha value is -1.06. The highest BCUT2D eigenvalue weighted by Gasteiger charge is 2.25. The normalized spacial score (nSPS) is 15.1. The molecule has 0 atom stereocenters. The lowest BCUT2D eigenvalue weighted by Crippen LogP contribution is -2.29. The quantitative estimate of drug-likeness (QED) is 0.461. The Balaban J connectivity index is 1.84. The zero-order chi connectivity index (χ0) is 13.9. The number of carbonyl (C=O) groups is 2. The summed E-state index contributed by atoms with van der Waals surface area (Å²) in [6.07, 6.45) is 12.9. The van der Waals surface area contributed by atoms with Crippen LogP contribution in [0.5, 0.6) is 0 Å². The number of urea groups is 1. The smallest absolute Gasteiger partial charge is 0.315 e. The summed E-state index contributed by atoms with van der Waals surface area (Å²) in [5.41, 5.74) is 0. The molecular formula is C15H28N2O2. The van der Waals surface area contributed by atoms with Crippen molar-refractivity contribution in [3.8, 4) is 0 Å². The minimum absolute atomic E-state index is 0.169. The third-order valence-corrected chi connectivity index (χ3v) is 3.65. The summed E-state index contributed by atoms with van der Waals surface area (Å²) in [7, 11) is 0. The van der Waals surface area contributed by atoms with Crippen LogP contribution in [-0.4, -0.2) is 29.9 Å². The predicted octanol–water partition coefficient (Wildman–Crippen LogP) is 3.46. The van der Waals surface area contributed by atoms with Crippen molar-refractivity contribution in [2.45, 2.75) is 71.1 Å². The van der Waals surface area contributed by atoms with Gasteiger partial charge in [0.2, 0.25) is 5.91 Å². The van der Waals surface area contributed by atoms with Crippen LogP contribution in [-0.2, 0) is 4.79 Å². The Labute approximate surface area is 116 Å². The molecule has 1 fully saturated rings. The molecule has 0 aromatic heterocycles. The number of unbranched alkanes of at least 4 members (excludes halogenated alkanes) is 9. The molecule has 0 unspecified atom stereocenters. The van der Waals surface area contributed by atoms with E-state index in [1.165, 1.54) is 51.4 Å². The SMILES string of the molecule is CCCCCCCCCCCCN1CC(=O)NC1=O. The van der Waals surface area contributed by atoms with Crippen LogP contribution >= 0.6 is 0 Å². The number of amides is 3. The molecule has 4 heteroatoms. The van der Waals surface area contributed by atoms with Gasteiger partial charge in [0.05, 0.1) is 0 Å². The van der Waals surface area contributed by atoms with Crippen molar-refractivity contribution >= 4 is 11.9 Å². The van der Waals surface area contributed by atoms with Gasteiger partial charge < -0.3 is 4.90 Å². The van der Waals surface area contributed by atoms with Gasteiger partial charge in [-0.3, -0.25) is 10.1 Å². The van der Waals surface area contributed by atoms with Gasteiger partial charge in [0.15, 0.2) is 0 Å². The van der Waals surface area contributed by atoms with Crippen molar-refractivity contribution in [1.82, 2.24) is 10.2 Å². The first-order valence-electron chi connectivity index (χ1n) is 7.82. The Morgan fingerprint density at radius 2 is 1.42 bits per heavy atom. The van der Waals surface area contributed by atoms with Gasteiger partial charge in [-0.05, 0) is 6.42 Å². The van der Waals surface area contributed by atoms with E-state index in [-0.39, 0.29) is 18.5 Å². The highest BCUT2D eigenvalue weighted by molar-refractivity contribution is 6.01. The van der Waals surface area contributed by atoms with Crippen molar-refractivity contribution in [2.75, 3.05) is 13.1 Å². The van der Waals surface area contributed by atoms with Gasteiger partial charge in [0.25, 0.3) is 0 Å². The maximum Gasteiger partial charge on any atom is 0.324 e. The van der Waals surface area contributed by atoms with Crippen molar-refractivity contribution in [1.29, 1.82) is 0 Å². The average molecular weight is 268 g/mol. The van der Waals surface area contributed by atoms with Crippen LogP contribution in [0.4, 0.5) is 4.79 Å². The highest BCUT2D eigenvalue weighted by atomic mass is 16.2. The maximum absolute atomic E-state index is 11.3. The topological polar surface area (TPSA) is 49.4 Å². The van der Waals surface area contributed by atoms with Crippen LogP contribution in [0.25, 0.3) is 0 Å². The second-order valence-corrected chi connectivity index (χ2v) is 5.46. The molecule has 0 bridgehead atoms. The molecule has 0 aromatic rings. The van der Waals surface area contributed by atoms with Gasteiger partial charge in [-0.2, -0.15) is 0 Å². The first-order chi connectivity index (χ1) is 9.24. The van der Waals surface area contributed by atoms with Crippen LogP contribution in [0.3, 0.4) is 0 Å². The molecule has 0 spiro atoms. The minimum Gasteiger partial charge on any atom is -0.315 e.